The molecule has 8 amide bonds. The predicted molar refractivity (Wildman–Crippen MR) is 150 cm³/mol. The number of carbonyl (C=O) groups excluding carboxylic acids is 4. The first kappa shape index (κ1) is 33.1. The van der Waals surface area contributed by atoms with E-state index in [1.165, 1.54) is 0 Å². The lowest BCUT2D eigenvalue weighted by atomic mass is 10.3. The number of rotatable bonds is 4. The van der Waals surface area contributed by atoms with Gasteiger partial charge in [0.25, 0.3) is 0 Å². The Morgan fingerprint density at radius 2 is 0.658 bits per heavy atom. The molecule has 0 aromatic rings. The monoisotopic (exact) mass is 540 g/mol. The summed E-state index contributed by atoms with van der Waals surface area (Å²) in [5, 5.41) is 0. The zero-order valence-electron chi connectivity index (χ0n) is 25.1. The van der Waals surface area contributed by atoms with Crippen LogP contribution in [0, 0.1) is 0 Å². The fourth-order valence-corrected chi connectivity index (χ4v) is 4.46. The normalized spacial score (nSPS) is 19.8. The van der Waals surface area contributed by atoms with Gasteiger partial charge in [0, 0.05) is 107 Å². The molecule has 4 heterocycles. The molecule has 0 bridgehead atoms. The molecule has 4 rings (SSSR count). The number of likely N-dealkylation sites (N-methyl/N-ethyl adjacent to an activating group) is 4. The van der Waals surface area contributed by atoms with Crippen molar-refractivity contribution < 1.29 is 19.2 Å². The molecule has 0 aromatic carbocycles. The minimum absolute atomic E-state index is 0.130. The van der Waals surface area contributed by atoms with Crippen LogP contribution in [0.1, 0.15) is 40.5 Å². The lowest BCUT2D eigenvalue weighted by molar-refractivity contribution is 0.135. The van der Waals surface area contributed by atoms with E-state index >= 15 is 0 Å². The molecule has 4 saturated heterocycles. The van der Waals surface area contributed by atoms with E-state index in [4.69, 9.17) is 0 Å². The van der Waals surface area contributed by atoms with E-state index in [2.05, 4.69) is 0 Å². The number of carbonyl (C=O) groups is 4. The van der Waals surface area contributed by atoms with Gasteiger partial charge in [-0.15, -0.1) is 0 Å². The molecule has 38 heavy (non-hydrogen) atoms. The van der Waals surface area contributed by atoms with Gasteiger partial charge in [-0.25, -0.2) is 19.2 Å². The molecule has 0 atom stereocenters. The van der Waals surface area contributed by atoms with Gasteiger partial charge < -0.3 is 39.2 Å². The summed E-state index contributed by atoms with van der Waals surface area (Å²) >= 11 is 0. The Bertz CT molecular complexity index is 716. The molecule has 12 nitrogen and oxygen atoms in total. The quantitative estimate of drug-likeness (QED) is 0.547. The van der Waals surface area contributed by atoms with E-state index in [1.54, 1.807) is 19.6 Å². The lowest BCUT2D eigenvalue weighted by Gasteiger charge is -2.34. The van der Waals surface area contributed by atoms with Gasteiger partial charge in [-0.2, -0.15) is 0 Å². The second kappa shape index (κ2) is 16.8. The second-order valence-corrected chi connectivity index (χ2v) is 9.84. The van der Waals surface area contributed by atoms with Crippen LogP contribution in [-0.2, 0) is 0 Å². The molecule has 12 heteroatoms. The van der Waals surface area contributed by atoms with Crippen molar-refractivity contribution in [1.29, 1.82) is 0 Å². The molecule has 4 aliphatic heterocycles. The molecule has 0 aromatic heterocycles. The van der Waals surface area contributed by atoms with Crippen LogP contribution in [0.15, 0.2) is 0 Å². The third-order valence-corrected chi connectivity index (χ3v) is 7.17. The van der Waals surface area contributed by atoms with E-state index in [9.17, 15) is 19.2 Å². The van der Waals surface area contributed by atoms with Crippen LogP contribution < -0.4 is 0 Å². The van der Waals surface area contributed by atoms with Crippen molar-refractivity contribution in [2.45, 2.75) is 40.5 Å². The minimum atomic E-state index is 0.130. The van der Waals surface area contributed by atoms with Gasteiger partial charge in [-0.1, -0.05) is 0 Å². The third-order valence-electron chi connectivity index (χ3n) is 7.17. The van der Waals surface area contributed by atoms with Crippen LogP contribution in [0.5, 0.6) is 0 Å². The summed E-state index contributed by atoms with van der Waals surface area (Å²) in [4.78, 5) is 58.8. The second-order valence-electron chi connectivity index (χ2n) is 9.84. The maximum Gasteiger partial charge on any atom is 0.320 e. The lowest BCUT2D eigenvalue weighted by Crippen LogP contribution is -2.48. The van der Waals surface area contributed by atoms with E-state index in [0.717, 1.165) is 91.4 Å². The van der Waals surface area contributed by atoms with Crippen LogP contribution in [0.25, 0.3) is 0 Å². The molecule has 0 unspecified atom stereocenters. The third kappa shape index (κ3) is 9.75. The molecule has 4 aliphatic rings. The highest BCUT2D eigenvalue weighted by molar-refractivity contribution is 5.76. The zero-order valence-corrected chi connectivity index (χ0v) is 25.1. The Morgan fingerprint density at radius 3 is 0.895 bits per heavy atom. The maximum absolute atomic E-state index is 11.4. The largest absolute Gasteiger partial charge is 0.328 e. The Morgan fingerprint density at radius 1 is 0.395 bits per heavy atom. The highest BCUT2D eigenvalue weighted by atomic mass is 16.2. The number of nitrogens with zero attached hydrogens (tertiary/aromatic N) is 8. The van der Waals surface area contributed by atoms with E-state index in [1.807, 2.05) is 75.5 Å². The summed E-state index contributed by atoms with van der Waals surface area (Å²) < 4.78 is 0. The smallest absolute Gasteiger partial charge is 0.320 e. The van der Waals surface area contributed by atoms with Crippen molar-refractivity contribution in [3.63, 3.8) is 0 Å². The standard InChI is InChI=1S/C8H16N2O.C7H14N2O.C6H12N2O.C5H10N2O/c1-3-9-6-5-7-10(4-2)8(9)11;1-3-8-5-6-9(4-2)7(8)10;1-7-4-3-5-8(2)6(7)9;1-6-3-4-7(2)5(6)8/h3-7H2,1-2H3;3-6H2,1-2H3;3-5H2,1-2H3;3-4H2,1-2H3. The number of amides is 8. The number of hydrogen-bond donors (Lipinski definition) is 0. The summed E-state index contributed by atoms with van der Waals surface area (Å²) in [5.74, 6) is 0. The van der Waals surface area contributed by atoms with Crippen molar-refractivity contribution >= 4 is 24.1 Å². The molecule has 0 spiro atoms. The van der Waals surface area contributed by atoms with Crippen molar-refractivity contribution in [3.8, 4) is 0 Å². The molecule has 0 aliphatic carbocycles. The highest BCUT2D eigenvalue weighted by Crippen LogP contribution is 2.08. The van der Waals surface area contributed by atoms with Crippen LogP contribution in [0.2, 0.25) is 0 Å². The molecular weight excluding hydrogens is 488 g/mol. The fourth-order valence-electron chi connectivity index (χ4n) is 4.46. The summed E-state index contributed by atoms with van der Waals surface area (Å²) in [6.07, 6.45) is 2.21. The Hall–Kier alpha value is -2.92. The molecular formula is C26H52N8O4. The van der Waals surface area contributed by atoms with Crippen molar-refractivity contribution in [1.82, 2.24) is 39.2 Å². The first-order chi connectivity index (χ1) is 18.0. The average Bonchev–Trinajstić information content (AvgIpc) is 3.43. The van der Waals surface area contributed by atoms with Gasteiger partial charge >= 0.3 is 24.1 Å². The number of urea groups is 4. The van der Waals surface area contributed by atoms with Crippen molar-refractivity contribution in [3.05, 3.63) is 0 Å². The summed E-state index contributed by atoms with van der Waals surface area (Å²) in [6.45, 7) is 18.7. The molecule has 4 fully saturated rings. The molecule has 0 saturated carbocycles. The van der Waals surface area contributed by atoms with E-state index in [-0.39, 0.29) is 24.1 Å². The predicted octanol–water partition coefficient (Wildman–Crippen LogP) is 2.28. The maximum atomic E-state index is 11.4. The minimum Gasteiger partial charge on any atom is -0.328 e. The van der Waals surface area contributed by atoms with E-state index in [0.29, 0.717) is 0 Å². The van der Waals surface area contributed by atoms with Crippen LogP contribution in [0.3, 0.4) is 0 Å². The van der Waals surface area contributed by atoms with Crippen LogP contribution in [0.4, 0.5) is 19.2 Å². The molecule has 0 radical (unpaired) electrons. The Kier molecular flexibility index (Phi) is 14.7. The fraction of sp³-hybridized carbons (Fsp3) is 0.846. The summed E-state index contributed by atoms with van der Waals surface area (Å²) in [5.41, 5.74) is 0. The zero-order chi connectivity index (χ0) is 28.8. The Balaban J connectivity index is 0.000000255. The first-order valence-corrected chi connectivity index (χ1v) is 14.0. The summed E-state index contributed by atoms with van der Waals surface area (Å²) in [7, 11) is 7.29. The average molecular weight is 541 g/mol. The highest BCUT2D eigenvalue weighted by Gasteiger charge is 2.25. The van der Waals surface area contributed by atoms with Crippen molar-refractivity contribution in [2.24, 2.45) is 0 Å². The van der Waals surface area contributed by atoms with Gasteiger partial charge in [0.2, 0.25) is 0 Å². The van der Waals surface area contributed by atoms with Crippen LogP contribution >= 0.6 is 0 Å². The summed E-state index contributed by atoms with van der Waals surface area (Å²) in [6, 6.07) is 0.678. The Labute approximate surface area is 230 Å². The van der Waals surface area contributed by atoms with Gasteiger partial charge in [0.05, 0.1) is 0 Å². The van der Waals surface area contributed by atoms with Crippen molar-refractivity contribution in [2.75, 3.05) is 107 Å². The SMILES string of the molecule is CCN1CCCN(CC)C1=O.CCN1CCN(CC)C1=O.CN1CCCN(C)C1=O.CN1CCN(C)C1=O. The van der Waals surface area contributed by atoms with Gasteiger partial charge in [-0.3, -0.25) is 0 Å². The van der Waals surface area contributed by atoms with Gasteiger partial charge in [-0.05, 0) is 40.5 Å². The van der Waals surface area contributed by atoms with Gasteiger partial charge in [0.15, 0.2) is 0 Å². The topological polar surface area (TPSA) is 94.2 Å². The van der Waals surface area contributed by atoms with Crippen LogP contribution in [-0.4, -0.2) is 170 Å². The molecule has 220 valence electrons. The van der Waals surface area contributed by atoms with Gasteiger partial charge in [0.1, 0.15) is 0 Å². The van der Waals surface area contributed by atoms with E-state index < -0.39 is 0 Å². The first-order valence-electron chi connectivity index (χ1n) is 14.0. The molecule has 0 N–H and O–H groups in total. The number of hydrogen-bond acceptors (Lipinski definition) is 4.